The van der Waals surface area contributed by atoms with Gasteiger partial charge in [-0.3, -0.25) is 8.42 Å². The normalized spacial score (nSPS) is 19.7. The SMILES string of the molecule is CCCCC(CC)C1CCOOO1.O=S(=O)([O-])[O-].[Li+].[Li+]. The Morgan fingerprint density at radius 2 is 1.80 bits per heavy atom. The molecule has 0 amide bonds. The molecule has 0 aromatic carbocycles. The van der Waals surface area contributed by atoms with Crippen molar-refractivity contribution >= 4 is 10.4 Å². The molecule has 110 valence electrons. The second kappa shape index (κ2) is 14.9. The molecule has 1 saturated heterocycles. The van der Waals surface area contributed by atoms with E-state index in [4.69, 9.17) is 22.4 Å². The first-order chi connectivity index (χ1) is 8.38. The quantitative estimate of drug-likeness (QED) is 0.218. The van der Waals surface area contributed by atoms with Gasteiger partial charge in [0.25, 0.3) is 0 Å². The third kappa shape index (κ3) is 17.0. The Kier molecular flexibility index (Phi) is 19.2. The molecule has 0 aromatic heterocycles. The molecular formula is C10H20Li2O7S. The molecule has 1 heterocycles. The van der Waals surface area contributed by atoms with E-state index in [1.807, 2.05) is 0 Å². The van der Waals surface area contributed by atoms with Gasteiger partial charge in [-0.15, -0.1) is 0 Å². The van der Waals surface area contributed by atoms with Crippen molar-refractivity contribution in [3.8, 4) is 0 Å². The van der Waals surface area contributed by atoms with Crippen LogP contribution in [-0.4, -0.2) is 30.2 Å². The number of hydrogen-bond donors (Lipinski definition) is 0. The predicted molar refractivity (Wildman–Crippen MR) is 60.3 cm³/mol. The van der Waals surface area contributed by atoms with Gasteiger partial charge in [0.15, 0.2) is 0 Å². The Morgan fingerprint density at radius 3 is 2.15 bits per heavy atom. The van der Waals surface area contributed by atoms with Gasteiger partial charge in [-0.1, -0.05) is 38.1 Å². The minimum Gasteiger partial charge on any atom is -0.759 e. The maximum Gasteiger partial charge on any atom is 1.00 e. The van der Waals surface area contributed by atoms with Gasteiger partial charge in [-0.2, -0.15) is 0 Å². The monoisotopic (exact) mass is 298 g/mol. The summed E-state index contributed by atoms with van der Waals surface area (Å²) < 4.78 is 34.1. The van der Waals surface area contributed by atoms with Gasteiger partial charge < -0.3 is 9.11 Å². The molecule has 7 nitrogen and oxygen atoms in total. The molecule has 0 radical (unpaired) electrons. The topological polar surface area (TPSA) is 108 Å². The molecule has 0 aliphatic carbocycles. The van der Waals surface area contributed by atoms with Crippen LogP contribution in [0.1, 0.15) is 46.0 Å². The van der Waals surface area contributed by atoms with Crippen molar-refractivity contribution in [3.05, 3.63) is 0 Å². The Bertz CT molecular complexity index is 286. The summed E-state index contributed by atoms with van der Waals surface area (Å²) in [6.07, 6.45) is 6.13. The van der Waals surface area contributed by atoms with Gasteiger partial charge in [0.05, 0.1) is 6.61 Å². The van der Waals surface area contributed by atoms with Gasteiger partial charge in [-0.25, -0.2) is 9.78 Å². The number of hydrogen-bond acceptors (Lipinski definition) is 7. The zero-order valence-electron chi connectivity index (χ0n) is 12.7. The fourth-order valence-electron chi connectivity index (χ4n) is 1.76. The van der Waals surface area contributed by atoms with Crippen molar-refractivity contribution in [2.45, 2.75) is 52.1 Å². The van der Waals surface area contributed by atoms with Crippen LogP contribution in [0.15, 0.2) is 0 Å². The molecule has 0 spiro atoms. The van der Waals surface area contributed by atoms with Crippen LogP contribution >= 0.6 is 0 Å². The van der Waals surface area contributed by atoms with E-state index in [0.29, 0.717) is 12.5 Å². The van der Waals surface area contributed by atoms with Gasteiger partial charge >= 0.3 is 37.7 Å². The summed E-state index contributed by atoms with van der Waals surface area (Å²) in [5.74, 6) is 0.629. The second-order valence-electron chi connectivity index (χ2n) is 4.03. The third-order valence-electron chi connectivity index (χ3n) is 2.68. The van der Waals surface area contributed by atoms with E-state index in [1.54, 1.807) is 0 Å². The molecule has 1 rings (SSSR count). The summed E-state index contributed by atoms with van der Waals surface area (Å²) in [6, 6.07) is 0. The Labute approximate surface area is 144 Å². The van der Waals surface area contributed by atoms with Crippen molar-refractivity contribution in [2.75, 3.05) is 6.61 Å². The summed E-state index contributed by atoms with van der Waals surface area (Å²) >= 11 is 0. The third-order valence-corrected chi connectivity index (χ3v) is 2.68. The minimum atomic E-state index is -5.17. The summed E-state index contributed by atoms with van der Waals surface area (Å²) in [4.78, 5) is 9.78. The van der Waals surface area contributed by atoms with Crippen LogP contribution in [0, 0.1) is 5.92 Å². The molecule has 2 unspecified atom stereocenters. The van der Waals surface area contributed by atoms with E-state index in [9.17, 15) is 0 Å². The van der Waals surface area contributed by atoms with E-state index in [1.165, 1.54) is 19.3 Å². The first-order valence-corrected chi connectivity index (χ1v) is 7.33. The Hall–Kier alpha value is 0.945. The fraction of sp³-hybridized carbons (Fsp3) is 1.00. The average molecular weight is 298 g/mol. The molecule has 0 bridgehead atoms. The predicted octanol–water partition coefficient (Wildman–Crippen LogP) is -4.48. The van der Waals surface area contributed by atoms with E-state index >= 15 is 0 Å². The summed E-state index contributed by atoms with van der Waals surface area (Å²) in [5, 5.41) is 4.54. The van der Waals surface area contributed by atoms with E-state index in [2.05, 4.69) is 23.8 Å². The number of rotatable bonds is 5. The van der Waals surface area contributed by atoms with Crippen LogP contribution in [0.2, 0.25) is 0 Å². The minimum absolute atomic E-state index is 0. The molecule has 1 aliphatic rings. The molecular weight excluding hydrogens is 278 g/mol. The molecule has 2 atom stereocenters. The largest absolute Gasteiger partial charge is 1.00 e. The van der Waals surface area contributed by atoms with Crippen LogP contribution in [0.5, 0.6) is 0 Å². The van der Waals surface area contributed by atoms with Crippen molar-refractivity contribution in [3.63, 3.8) is 0 Å². The Morgan fingerprint density at radius 1 is 1.25 bits per heavy atom. The summed E-state index contributed by atoms with van der Waals surface area (Å²) in [5.41, 5.74) is 0. The first kappa shape index (κ1) is 25.9. The zero-order chi connectivity index (χ0) is 14.0. The van der Waals surface area contributed by atoms with Crippen molar-refractivity contribution in [1.29, 1.82) is 0 Å². The van der Waals surface area contributed by atoms with Crippen molar-refractivity contribution in [1.82, 2.24) is 0 Å². The van der Waals surface area contributed by atoms with E-state index in [0.717, 1.165) is 12.8 Å². The standard InChI is InChI=1S/C10H20O3.2Li.H2O4S/c1-3-5-6-9(4-2)10-7-8-11-13-12-10;;;1-5(2,3)4/h9-10H,3-8H2,1-2H3;;;(H2,1,2,3,4)/q;2*+1;/p-2. The van der Waals surface area contributed by atoms with Crippen LogP contribution in [-0.2, 0) is 25.2 Å². The molecule has 0 N–H and O–H groups in total. The van der Waals surface area contributed by atoms with Gasteiger partial charge in [-0.05, 0) is 12.3 Å². The van der Waals surface area contributed by atoms with Gasteiger partial charge in [0.1, 0.15) is 6.10 Å². The van der Waals surface area contributed by atoms with E-state index < -0.39 is 10.4 Å². The fourth-order valence-corrected chi connectivity index (χ4v) is 1.76. The number of unbranched alkanes of at least 4 members (excludes halogenated alkanes) is 1. The molecule has 1 aliphatic heterocycles. The molecule has 0 aromatic rings. The van der Waals surface area contributed by atoms with Crippen LogP contribution in [0.3, 0.4) is 0 Å². The maximum absolute atomic E-state index is 8.52. The molecule has 0 saturated carbocycles. The molecule has 1 fully saturated rings. The average Bonchev–Trinajstić information content (AvgIpc) is 2.29. The molecule has 10 heteroatoms. The van der Waals surface area contributed by atoms with E-state index in [-0.39, 0.29) is 43.8 Å². The first-order valence-electron chi connectivity index (χ1n) is 6.00. The second-order valence-corrected chi connectivity index (χ2v) is 4.85. The van der Waals surface area contributed by atoms with Gasteiger partial charge in [0, 0.05) is 16.8 Å². The van der Waals surface area contributed by atoms with Crippen molar-refractivity contribution < 1.29 is 70.1 Å². The van der Waals surface area contributed by atoms with Crippen molar-refractivity contribution in [2.24, 2.45) is 5.92 Å². The maximum atomic E-state index is 8.52. The smallest absolute Gasteiger partial charge is 0.759 e. The van der Waals surface area contributed by atoms with Crippen LogP contribution < -0.4 is 37.7 Å². The molecule has 20 heavy (non-hydrogen) atoms. The Balaban J connectivity index is -0.000000361. The summed E-state index contributed by atoms with van der Waals surface area (Å²) in [6.45, 7) is 5.08. The van der Waals surface area contributed by atoms with Gasteiger partial charge in [0.2, 0.25) is 0 Å². The zero-order valence-corrected chi connectivity index (χ0v) is 13.5. The van der Waals surface area contributed by atoms with Crippen LogP contribution in [0.25, 0.3) is 0 Å². The van der Waals surface area contributed by atoms with Crippen LogP contribution in [0.4, 0.5) is 0 Å². The summed E-state index contributed by atoms with van der Waals surface area (Å²) in [7, 11) is -5.17.